The molecule has 170 valence electrons. The van der Waals surface area contributed by atoms with Gasteiger partial charge in [-0.15, -0.1) is 0 Å². The lowest BCUT2D eigenvalue weighted by atomic mass is 10.1. The average molecular weight is 483 g/mol. The van der Waals surface area contributed by atoms with E-state index in [0.717, 1.165) is 60.6 Å². The molecule has 2 N–H and O–H groups in total. The van der Waals surface area contributed by atoms with Crippen LogP contribution in [-0.4, -0.2) is 25.0 Å². The van der Waals surface area contributed by atoms with Crippen molar-refractivity contribution in [2.75, 3.05) is 10.6 Å². The Morgan fingerprint density at radius 3 is 1.89 bits per heavy atom. The lowest BCUT2D eigenvalue weighted by Gasteiger charge is -2.12. The fourth-order valence-electron chi connectivity index (χ4n) is 4.64. The molecule has 3 aromatic heterocycles. The normalized spacial score (nSPS) is 11.4. The molecule has 36 heavy (non-hydrogen) atoms. The van der Waals surface area contributed by atoms with Crippen molar-refractivity contribution in [3.63, 3.8) is 0 Å². The third-order valence-electron chi connectivity index (χ3n) is 6.28. The topological polar surface area (TPSA) is 75.6 Å². The minimum atomic E-state index is 0.505. The van der Waals surface area contributed by atoms with E-state index in [2.05, 4.69) is 44.9 Å². The highest BCUT2D eigenvalue weighted by Gasteiger charge is 2.14. The third-order valence-corrected chi connectivity index (χ3v) is 6.48. The molecule has 0 aliphatic heterocycles. The maximum Gasteiger partial charge on any atom is 0.175 e. The van der Waals surface area contributed by atoms with Crippen LogP contribution in [0.25, 0.3) is 54.6 Å². The number of pyridine rings is 2. The molecule has 7 heteroatoms. The Hall–Kier alpha value is -4.75. The van der Waals surface area contributed by atoms with Crippen molar-refractivity contribution < 1.29 is 0 Å². The van der Waals surface area contributed by atoms with Crippen LogP contribution in [0.5, 0.6) is 0 Å². The van der Waals surface area contributed by atoms with Gasteiger partial charge < -0.3 is 10.6 Å². The zero-order valence-electron chi connectivity index (χ0n) is 18.9. The zero-order chi connectivity index (χ0) is 24.1. The van der Waals surface area contributed by atoms with Crippen LogP contribution >= 0.6 is 12.2 Å². The van der Waals surface area contributed by atoms with Gasteiger partial charge in [0, 0.05) is 34.5 Å². The number of nitrogens with one attached hydrogen (secondary N) is 2. The van der Waals surface area contributed by atoms with E-state index in [4.69, 9.17) is 22.2 Å². The molecule has 0 atom stereocenters. The first-order valence-electron chi connectivity index (χ1n) is 11.5. The molecule has 7 aromatic rings. The summed E-state index contributed by atoms with van der Waals surface area (Å²) in [6.45, 7) is 0. The number of benzene rings is 4. The number of thiocarbonyl (C=S) groups is 1. The second-order valence-corrected chi connectivity index (χ2v) is 8.97. The fourth-order valence-corrected chi connectivity index (χ4v) is 4.87. The van der Waals surface area contributed by atoms with Crippen LogP contribution in [0.3, 0.4) is 0 Å². The number of hydrogen-bond acceptors (Lipinski definition) is 5. The summed E-state index contributed by atoms with van der Waals surface area (Å²) in [5.74, 6) is 0. The highest BCUT2D eigenvalue weighted by molar-refractivity contribution is 7.80. The molecule has 0 unspecified atom stereocenters. The van der Waals surface area contributed by atoms with Gasteiger partial charge in [0.25, 0.3) is 0 Å². The van der Waals surface area contributed by atoms with Gasteiger partial charge in [0.05, 0.1) is 33.1 Å². The van der Waals surface area contributed by atoms with Crippen molar-refractivity contribution >= 4 is 83.4 Å². The number of fused-ring (bicyclic) bond motifs is 8. The summed E-state index contributed by atoms with van der Waals surface area (Å²) in [6, 6.07) is 28.2. The Bertz CT molecular complexity index is 1980. The Labute approximate surface area is 211 Å². The van der Waals surface area contributed by atoms with E-state index < -0.39 is 0 Å². The molecular formula is C29H18N6S. The summed E-state index contributed by atoms with van der Waals surface area (Å²) in [5.41, 5.74) is 6.61. The monoisotopic (exact) mass is 482 g/mol. The predicted molar refractivity (Wildman–Crippen MR) is 151 cm³/mol. The molecule has 0 bridgehead atoms. The van der Waals surface area contributed by atoms with E-state index >= 15 is 0 Å². The van der Waals surface area contributed by atoms with E-state index in [1.807, 2.05) is 60.7 Å². The van der Waals surface area contributed by atoms with Gasteiger partial charge >= 0.3 is 0 Å². The van der Waals surface area contributed by atoms with Crippen LogP contribution in [0.4, 0.5) is 11.4 Å². The molecule has 0 aliphatic carbocycles. The lowest BCUT2D eigenvalue weighted by Crippen LogP contribution is -2.19. The van der Waals surface area contributed by atoms with E-state index in [-0.39, 0.29) is 0 Å². The second kappa shape index (κ2) is 8.18. The van der Waals surface area contributed by atoms with Gasteiger partial charge in [0.2, 0.25) is 0 Å². The third kappa shape index (κ3) is 3.45. The quantitative estimate of drug-likeness (QED) is 0.159. The van der Waals surface area contributed by atoms with Crippen molar-refractivity contribution in [2.24, 2.45) is 0 Å². The van der Waals surface area contributed by atoms with Crippen molar-refractivity contribution in [2.45, 2.75) is 0 Å². The summed E-state index contributed by atoms with van der Waals surface area (Å²) in [7, 11) is 0. The molecule has 4 aromatic carbocycles. The number of aromatic nitrogens is 4. The summed E-state index contributed by atoms with van der Waals surface area (Å²) < 4.78 is 0. The van der Waals surface area contributed by atoms with Crippen molar-refractivity contribution in [1.29, 1.82) is 0 Å². The SMILES string of the molecule is S=C(Nc1ccc2ccccc2c1)Nc1ccc2nc3c4cccnc4c4ncccc4c3nc2c1. The van der Waals surface area contributed by atoms with E-state index in [1.165, 1.54) is 5.39 Å². The Balaban J connectivity index is 1.27. The summed E-state index contributed by atoms with van der Waals surface area (Å²) in [5, 5.41) is 11.3. The molecule has 6 nitrogen and oxygen atoms in total. The smallest absolute Gasteiger partial charge is 0.175 e. The first-order valence-corrected chi connectivity index (χ1v) is 11.9. The molecular weight excluding hydrogens is 464 g/mol. The van der Waals surface area contributed by atoms with Gasteiger partial charge in [0.1, 0.15) is 0 Å². The zero-order valence-corrected chi connectivity index (χ0v) is 19.8. The molecule has 0 radical (unpaired) electrons. The number of hydrogen-bond donors (Lipinski definition) is 2. The minimum Gasteiger partial charge on any atom is -0.332 e. The predicted octanol–water partition coefficient (Wildman–Crippen LogP) is 6.84. The van der Waals surface area contributed by atoms with E-state index in [1.54, 1.807) is 12.4 Å². The number of anilines is 2. The molecule has 0 spiro atoms. The lowest BCUT2D eigenvalue weighted by molar-refractivity contribution is 1.36. The maximum absolute atomic E-state index is 5.58. The second-order valence-electron chi connectivity index (χ2n) is 8.56. The van der Waals surface area contributed by atoms with Crippen LogP contribution < -0.4 is 10.6 Å². The molecule has 0 fully saturated rings. The maximum atomic E-state index is 5.58. The van der Waals surface area contributed by atoms with Crippen LogP contribution in [0.15, 0.2) is 97.3 Å². The van der Waals surface area contributed by atoms with Crippen molar-refractivity contribution in [3.8, 4) is 0 Å². The standard InChI is InChI=1S/C29H18N6S/c36-29(32-19-10-9-17-5-1-2-6-18(17)15-19)33-20-11-12-23-24(16-20)35-28-22-8-4-14-31-26(22)25-21(27(28)34-23)7-3-13-30-25/h1-16H,(H2,32,33,36). The average Bonchev–Trinajstić information content (AvgIpc) is 2.92. The first-order chi connectivity index (χ1) is 17.7. The molecule has 7 rings (SSSR count). The molecule has 3 heterocycles. The number of nitrogens with zero attached hydrogens (tertiary/aromatic N) is 4. The highest BCUT2D eigenvalue weighted by atomic mass is 32.1. The highest BCUT2D eigenvalue weighted by Crippen LogP contribution is 2.32. The first kappa shape index (κ1) is 20.6. The Morgan fingerprint density at radius 1 is 0.556 bits per heavy atom. The van der Waals surface area contributed by atoms with Crippen LogP contribution in [0, 0.1) is 0 Å². The van der Waals surface area contributed by atoms with Gasteiger partial charge in [-0.2, -0.15) is 0 Å². The van der Waals surface area contributed by atoms with Gasteiger partial charge in [0.15, 0.2) is 5.11 Å². The fraction of sp³-hybridized carbons (Fsp3) is 0. The molecule has 0 aliphatic rings. The van der Waals surface area contributed by atoms with Crippen LogP contribution in [0.2, 0.25) is 0 Å². The molecule has 0 saturated heterocycles. The minimum absolute atomic E-state index is 0.505. The van der Waals surface area contributed by atoms with Gasteiger partial charge in [-0.3, -0.25) is 9.97 Å². The molecule has 0 saturated carbocycles. The molecule has 0 amide bonds. The van der Waals surface area contributed by atoms with E-state index in [9.17, 15) is 0 Å². The summed E-state index contributed by atoms with van der Waals surface area (Å²) in [4.78, 5) is 19.1. The van der Waals surface area contributed by atoms with Crippen LogP contribution in [-0.2, 0) is 0 Å². The Kier molecular flexibility index (Phi) is 4.68. The van der Waals surface area contributed by atoms with Gasteiger partial charge in [-0.05, 0) is 77.6 Å². The number of rotatable bonds is 2. The van der Waals surface area contributed by atoms with Gasteiger partial charge in [-0.25, -0.2) is 9.97 Å². The summed E-state index contributed by atoms with van der Waals surface area (Å²) >= 11 is 5.58. The van der Waals surface area contributed by atoms with Gasteiger partial charge in [-0.1, -0.05) is 30.3 Å². The largest absolute Gasteiger partial charge is 0.332 e. The summed E-state index contributed by atoms with van der Waals surface area (Å²) in [6.07, 6.45) is 3.56. The van der Waals surface area contributed by atoms with Crippen LogP contribution in [0.1, 0.15) is 0 Å². The van der Waals surface area contributed by atoms with E-state index in [0.29, 0.717) is 5.11 Å². The Morgan fingerprint density at radius 2 is 1.17 bits per heavy atom. The van der Waals surface area contributed by atoms with Crippen molar-refractivity contribution in [1.82, 2.24) is 19.9 Å². The van der Waals surface area contributed by atoms with Crippen molar-refractivity contribution in [3.05, 3.63) is 97.3 Å².